The summed E-state index contributed by atoms with van der Waals surface area (Å²) < 4.78 is 10.7. The largest absolute Gasteiger partial charge is 0.461 e. The third-order valence-corrected chi connectivity index (χ3v) is 4.06. The van der Waals surface area contributed by atoms with Crippen molar-refractivity contribution < 1.29 is 8.94 Å². The zero-order chi connectivity index (χ0) is 13.9. The number of likely N-dealkylation sites (tertiary alicyclic amines) is 1. The van der Waals surface area contributed by atoms with Gasteiger partial charge in [-0.1, -0.05) is 12.1 Å². The van der Waals surface area contributed by atoms with Crippen molar-refractivity contribution in [2.24, 2.45) is 11.7 Å². The van der Waals surface area contributed by atoms with E-state index in [2.05, 4.69) is 17.0 Å². The smallest absolute Gasteiger partial charge is 0.202 e. The second kappa shape index (κ2) is 7.11. The Bertz CT molecular complexity index is 541. The number of furan rings is 1. The number of nitrogens with zero attached hydrogens (tertiary/aromatic N) is 2. The molecule has 2 atom stereocenters. The second-order valence-electron chi connectivity index (χ2n) is 5.65. The van der Waals surface area contributed by atoms with E-state index in [9.17, 15) is 0 Å². The molecule has 6 heteroatoms. The van der Waals surface area contributed by atoms with Gasteiger partial charge in [0, 0.05) is 25.2 Å². The molecule has 0 radical (unpaired) electrons. The number of nitrogens with two attached hydrogens (primary N) is 1. The number of hydrogen-bond acceptors (Lipinski definition) is 5. The fourth-order valence-electron chi connectivity index (χ4n) is 2.88. The first-order valence-electron chi connectivity index (χ1n) is 7.20. The molecule has 2 aromatic rings. The van der Waals surface area contributed by atoms with Crippen LogP contribution in [0.4, 0.5) is 0 Å². The van der Waals surface area contributed by atoms with Crippen molar-refractivity contribution in [3.05, 3.63) is 30.2 Å². The van der Waals surface area contributed by atoms with E-state index >= 15 is 0 Å². The van der Waals surface area contributed by atoms with Gasteiger partial charge in [0.05, 0.1) is 12.0 Å². The van der Waals surface area contributed by atoms with Crippen molar-refractivity contribution in [3.63, 3.8) is 0 Å². The van der Waals surface area contributed by atoms with Crippen LogP contribution in [-0.4, -0.2) is 29.2 Å². The topological polar surface area (TPSA) is 68.4 Å². The predicted octanol–water partition coefficient (Wildman–Crippen LogP) is 2.92. The molecular formula is C15H22ClN3O2. The van der Waals surface area contributed by atoms with Crippen molar-refractivity contribution in [2.45, 2.75) is 32.4 Å². The predicted molar refractivity (Wildman–Crippen MR) is 83.1 cm³/mol. The Hall–Kier alpha value is -1.30. The number of halogens is 1. The van der Waals surface area contributed by atoms with E-state index in [0.29, 0.717) is 24.1 Å². The molecular weight excluding hydrogens is 290 g/mol. The summed E-state index contributed by atoms with van der Waals surface area (Å²) >= 11 is 0. The Morgan fingerprint density at radius 2 is 2.29 bits per heavy atom. The first-order chi connectivity index (χ1) is 9.76. The zero-order valence-electron chi connectivity index (χ0n) is 12.2. The van der Waals surface area contributed by atoms with E-state index in [0.717, 1.165) is 24.7 Å². The van der Waals surface area contributed by atoms with Gasteiger partial charge in [-0.2, -0.15) is 0 Å². The van der Waals surface area contributed by atoms with Gasteiger partial charge in [0.25, 0.3) is 0 Å². The van der Waals surface area contributed by atoms with Crippen molar-refractivity contribution >= 4 is 12.4 Å². The summed E-state index contributed by atoms with van der Waals surface area (Å²) in [6, 6.07) is 6.11. The fourth-order valence-corrected chi connectivity index (χ4v) is 2.88. The van der Waals surface area contributed by atoms with E-state index < -0.39 is 0 Å². The van der Waals surface area contributed by atoms with E-state index in [-0.39, 0.29) is 12.4 Å². The maximum absolute atomic E-state index is 5.89. The maximum Gasteiger partial charge on any atom is 0.202 e. The maximum atomic E-state index is 5.89. The standard InChI is InChI=1S/C15H21N3O2.ClH/c1-11-4-5-18(13(7-11)9-16)10-12-8-15(20-17-12)14-3-2-6-19-14;/h2-3,6,8,11,13H,4-5,7,9-10,16H2,1H3;1H. The molecule has 0 aromatic carbocycles. The van der Waals surface area contributed by atoms with Gasteiger partial charge >= 0.3 is 0 Å². The van der Waals surface area contributed by atoms with Crippen LogP contribution in [0.2, 0.25) is 0 Å². The summed E-state index contributed by atoms with van der Waals surface area (Å²) in [7, 11) is 0. The summed E-state index contributed by atoms with van der Waals surface area (Å²) in [5.41, 5.74) is 6.83. The Labute approximate surface area is 130 Å². The van der Waals surface area contributed by atoms with E-state index in [1.807, 2.05) is 18.2 Å². The highest BCUT2D eigenvalue weighted by molar-refractivity contribution is 5.85. The van der Waals surface area contributed by atoms with Crippen molar-refractivity contribution in [2.75, 3.05) is 13.1 Å². The average Bonchev–Trinajstić information content (AvgIpc) is 3.11. The van der Waals surface area contributed by atoms with Crippen LogP contribution in [0.15, 0.2) is 33.4 Å². The Morgan fingerprint density at radius 1 is 1.43 bits per heavy atom. The molecule has 1 fully saturated rings. The molecule has 5 nitrogen and oxygen atoms in total. The number of rotatable bonds is 4. The monoisotopic (exact) mass is 311 g/mol. The molecule has 0 spiro atoms. The van der Waals surface area contributed by atoms with Crippen molar-refractivity contribution in [1.82, 2.24) is 10.1 Å². The fraction of sp³-hybridized carbons (Fsp3) is 0.533. The minimum atomic E-state index is 0. The zero-order valence-corrected chi connectivity index (χ0v) is 13.0. The highest BCUT2D eigenvalue weighted by Crippen LogP contribution is 2.25. The third-order valence-electron chi connectivity index (χ3n) is 4.06. The molecule has 0 saturated carbocycles. The van der Waals surface area contributed by atoms with Crippen LogP contribution in [0.5, 0.6) is 0 Å². The van der Waals surface area contributed by atoms with E-state index in [1.165, 1.54) is 12.8 Å². The molecule has 1 saturated heterocycles. The second-order valence-corrected chi connectivity index (χ2v) is 5.65. The lowest BCUT2D eigenvalue weighted by Gasteiger charge is -2.37. The van der Waals surface area contributed by atoms with Crippen LogP contribution in [0.1, 0.15) is 25.5 Å². The van der Waals surface area contributed by atoms with E-state index in [4.69, 9.17) is 14.7 Å². The van der Waals surface area contributed by atoms with Gasteiger partial charge in [-0.3, -0.25) is 4.90 Å². The molecule has 2 unspecified atom stereocenters. The average molecular weight is 312 g/mol. The molecule has 3 rings (SSSR count). The van der Waals surface area contributed by atoms with Crippen LogP contribution in [-0.2, 0) is 6.54 Å². The van der Waals surface area contributed by atoms with Gasteiger partial charge in [-0.25, -0.2) is 0 Å². The highest BCUT2D eigenvalue weighted by Gasteiger charge is 2.26. The van der Waals surface area contributed by atoms with Crippen LogP contribution in [0.3, 0.4) is 0 Å². The van der Waals surface area contributed by atoms with Crippen molar-refractivity contribution in [1.29, 1.82) is 0 Å². The molecule has 0 aliphatic carbocycles. The Kier molecular flexibility index (Phi) is 5.45. The van der Waals surface area contributed by atoms with Gasteiger partial charge in [0.1, 0.15) is 0 Å². The molecule has 2 N–H and O–H groups in total. The van der Waals surface area contributed by atoms with Crippen LogP contribution < -0.4 is 5.73 Å². The molecule has 1 aliphatic rings. The molecule has 21 heavy (non-hydrogen) atoms. The van der Waals surface area contributed by atoms with Gasteiger partial charge in [-0.15, -0.1) is 12.4 Å². The number of piperidine rings is 1. The van der Waals surface area contributed by atoms with Crippen LogP contribution in [0.25, 0.3) is 11.5 Å². The molecule has 0 bridgehead atoms. The Morgan fingerprint density at radius 3 is 3.00 bits per heavy atom. The minimum Gasteiger partial charge on any atom is -0.461 e. The van der Waals surface area contributed by atoms with Gasteiger partial charge in [-0.05, 0) is 37.4 Å². The normalized spacial score (nSPS) is 23.0. The molecule has 2 aromatic heterocycles. The first kappa shape index (κ1) is 16.1. The molecule has 0 amide bonds. The van der Waals surface area contributed by atoms with Crippen LogP contribution in [0, 0.1) is 5.92 Å². The minimum absolute atomic E-state index is 0. The third kappa shape index (κ3) is 3.67. The van der Waals surface area contributed by atoms with Gasteiger partial charge in [0.15, 0.2) is 5.76 Å². The quantitative estimate of drug-likeness (QED) is 0.940. The number of aromatic nitrogens is 1. The lowest BCUT2D eigenvalue weighted by molar-refractivity contribution is 0.112. The summed E-state index contributed by atoms with van der Waals surface area (Å²) in [4.78, 5) is 2.41. The van der Waals surface area contributed by atoms with Crippen molar-refractivity contribution in [3.8, 4) is 11.5 Å². The highest BCUT2D eigenvalue weighted by atomic mass is 35.5. The Balaban J connectivity index is 0.00000161. The SMILES string of the molecule is CC1CCN(Cc2cc(-c3ccco3)on2)C(CN)C1.Cl. The molecule has 116 valence electrons. The molecule has 3 heterocycles. The number of hydrogen-bond donors (Lipinski definition) is 1. The molecule has 1 aliphatic heterocycles. The van der Waals surface area contributed by atoms with E-state index in [1.54, 1.807) is 6.26 Å². The summed E-state index contributed by atoms with van der Waals surface area (Å²) in [6.07, 6.45) is 4.02. The summed E-state index contributed by atoms with van der Waals surface area (Å²) in [5, 5.41) is 4.14. The lowest BCUT2D eigenvalue weighted by atomic mass is 9.92. The van der Waals surface area contributed by atoms with Crippen LogP contribution >= 0.6 is 12.4 Å². The van der Waals surface area contributed by atoms with Gasteiger partial charge < -0.3 is 14.7 Å². The lowest BCUT2D eigenvalue weighted by Crippen LogP contribution is -2.45. The summed E-state index contributed by atoms with van der Waals surface area (Å²) in [6.45, 7) is 4.86. The summed E-state index contributed by atoms with van der Waals surface area (Å²) in [5.74, 6) is 2.15. The first-order valence-corrected chi connectivity index (χ1v) is 7.20. The van der Waals surface area contributed by atoms with Gasteiger partial charge in [0.2, 0.25) is 5.76 Å².